The summed E-state index contributed by atoms with van der Waals surface area (Å²) in [5.41, 5.74) is 9.08. The van der Waals surface area contributed by atoms with Crippen molar-refractivity contribution in [2.45, 2.75) is 46.5 Å². The van der Waals surface area contributed by atoms with Crippen LogP contribution >= 0.6 is 0 Å². The van der Waals surface area contributed by atoms with Gasteiger partial charge in [-0.15, -0.1) is 0 Å². The smallest absolute Gasteiger partial charge is 0.159 e. The summed E-state index contributed by atoms with van der Waals surface area (Å²) < 4.78 is 0. The highest BCUT2D eigenvalue weighted by molar-refractivity contribution is 5.77. The highest BCUT2D eigenvalue weighted by Crippen LogP contribution is 2.26. The second-order valence-electron chi connectivity index (χ2n) is 6.52. The first-order valence-corrected chi connectivity index (χ1v) is 8.80. The third-order valence-electron chi connectivity index (χ3n) is 3.93. The van der Waals surface area contributed by atoms with E-state index in [1.54, 1.807) is 0 Å². The molecule has 0 aliphatic rings. The van der Waals surface area contributed by atoms with Gasteiger partial charge in [0, 0.05) is 12.2 Å². The van der Waals surface area contributed by atoms with Gasteiger partial charge in [0.1, 0.15) is 12.0 Å². The summed E-state index contributed by atoms with van der Waals surface area (Å²) in [6.07, 6.45) is 6.16. The number of nitrogens with one attached hydrogen (secondary N) is 2. The predicted molar refractivity (Wildman–Crippen MR) is 103 cm³/mol. The second kappa shape index (κ2) is 9.11. The first kappa shape index (κ1) is 18.0. The standard InChI is InChI=1S/C19H29N5/c1-4-5-6-15-7-9-16(10-8-15)24-19-17(20)18(22-13-23-19)21-12-11-14(2)3/h7-10,13-14H,4-6,11-12,20H2,1-3H3,(H2,21,22,23,24). The molecule has 4 N–H and O–H groups in total. The molecule has 0 bridgehead atoms. The summed E-state index contributed by atoms with van der Waals surface area (Å²) >= 11 is 0. The first-order valence-electron chi connectivity index (χ1n) is 8.80. The molecule has 2 aromatic rings. The number of hydrogen-bond acceptors (Lipinski definition) is 5. The van der Waals surface area contributed by atoms with E-state index in [-0.39, 0.29) is 0 Å². The molecule has 0 saturated heterocycles. The minimum Gasteiger partial charge on any atom is -0.393 e. The lowest BCUT2D eigenvalue weighted by molar-refractivity contribution is 0.606. The van der Waals surface area contributed by atoms with Gasteiger partial charge in [0.25, 0.3) is 0 Å². The number of nitrogens with two attached hydrogens (primary N) is 1. The van der Waals surface area contributed by atoms with E-state index < -0.39 is 0 Å². The molecule has 5 nitrogen and oxygen atoms in total. The Hall–Kier alpha value is -2.30. The maximum atomic E-state index is 6.19. The third kappa shape index (κ3) is 5.41. The van der Waals surface area contributed by atoms with Crippen LogP contribution in [0.15, 0.2) is 30.6 Å². The van der Waals surface area contributed by atoms with Crippen LogP contribution in [0.1, 0.15) is 45.6 Å². The molecule has 1 heterocycles. The molecule has 0 aliphatic heterocycles. The number of aromatic nitrogens is 2. The van der Waals surface area contributed by atoms with Gasteiger partial charge in [-0.25, -0.2) is 9.97 Å². The monoisotopic (exact) mass is 327 g/mol. The van der Waals surface area contributed by atoms with Crippen molar-refractivity contribution >= 4 is 23.0 Å². The molecular weight excluding hydrogens is 298 g/mol. The van der Waals surface area contributed by atoms with Crippen LogP contribution < -0.4 is 16.4 Å². The Balaban J connectivity index is 2.01. The number of aryl methyl sites for hydroxylation is 1. The zero-order chi connectivity index (χ0) is 17.4. The molecule has 1 aromatic carbocycles. The van der Waals surface area contributed by atoms with E-state index in [2.05, 4.69) is 65.6 Å². The highest BCUT2D eigenvalue weighted by atomic mass is 15.1. The van der Waals surface area contributed by atoms with Crippen molar-refractivity contribution in [2.75, 3.05) is 22.9 Å². The van der Waals surface area contributed by atoms with Gasteiger partial charge in [-0.1, -0.05) is 39.3 Å². The van der Waals surface area contributed by atoms with E-state index in [0.717, 1.165) is 25.1 Å². The van der Waals surface area contributed by atoms with Gasteiger partial charge in [0.05, 0.1) is 0 Å². The highest BCUT2D eigenvalue weighted by Gasteiger charge is 2.08. The van der Waals surface area contributed by atoms with Crippen molar-refractivity contribution in [3.05, 3.63) is 36.2 Å². The van der Waals surface area contributed by atoms with Gasteiger partial charge in [0.15, 0.2) is 11.6 Å². The van der Waals surface area contributed by atoms with Crippen LogP contribution in [0.25, 0.3) is 0 Å². The topological polar surface area (TPSA) is 75.9 Å². The Morgan fingerprint density at radius 3 is 2.46 bits per heavy atom. The summed E-state index contributed by atoms with van der Waals surface area (Å²) in [6.45, 7) is 7.45. The maximum Gasteiger partial charge on any atom is 0.159 e. The normalized spacial score (nSPS) is 10.8. The summed E-state index contributed by atoms with van der Waals surface area (Å²) in [5.74, 6) is 1.97. The van der Waals surface area contributed by atoms with Crippen molar-refractivity contribution in [2.24, 2.45) is 5.92 Å². The van der Waals surface area contributed by atoms with E-state index in [9.17, 15) is 0 Å². The van der Waals surface area contributed by atoms with E-state index in [1.807, 2.05) is 0 Å². The Morgan fingerprint density at radius 1 is 1.08 bits per heavy atom. The van der Waals surface area contributed by atoms with Crippen molar-refractivity contribution in [1.82, 2.24) is 9.97 Å². The van der Waals surface area contributed by atoms with Crippen LogP contribution in [-0.4, -0.2) is 16.5 Å². The summed E-state index contributed by atoms with van der Waals surface area (Å²) in [6, 6.07) is 8.44. The number of nitrogens with zero attached hydrogens (tertiary/aromatic N) is 2. The molecule has 5 heteroatoms. The largest absolute Gasteiger partial charge is 0.393 e. The molecule has 0 fully saturated rings. The van der Waals surface area contributed by atoms with Gasteiger partial charge in [0.2, 0.25) is 0 Å². The fraction of sp³-hybridized carbons (Fsp3) is 0.474. The summed E-state index contributed by atoms with van der Waals surface area (Å²) in [7, 11) is 0. The van der Waals surface area contributed by atoms with Crippen LogP contribution in [-0.2, 0) is 6.42 Å². The van der Waals surface area contributed by atoms with Crippen LogP contribution in [0.5, 0.6) is 0 Å². The van der Waals surface area contributed by atoms with Crippen molar-refractivity contribution in [3.8, 4) is 0 Å². The van der Waals surface area contributed by atoms with Crippen molar-refractivity contribution < 1.29 is 0 Å². The molecule has 0 radical (unpaired) electrons. The maximum absolute atomic E-state index is 6.19. The zero-order valence-corrected chi connectivity index (χ0v) is 15.0. The zero-order valence-electron chi connectivity index (χ0n) is 15.0. The molecular formula is C19H29N5. The molecule has 0 saturated carbocycles. The minimum absolute atomic E-state index is 0.552. The summed E-state index contributed by atoms with van der Waals surface area (Å²) in [5, 5.41) is 6.57. The molecule has 130 valence electrons. The lowest BCUT2D eigenvalue weighted by Crippen LogP contribution is -2.10. The van der Waals surface area contributed by atoms with Crippen LogP contribution in [0.2, 0.25) is 0 Å². The van der Waals surface area contributed by atoms with Gasteiger partial charge >= 0.3 is 0 Å². The Morgan fingerprint density at radius 2 is 1.79 bits per heavy atom. The van der Waals surface area contributed by atoms with Crippen molar-refractivity contribution in [1.29, 1.82) is 0 Å². The van der Waals surface area contributed by atoms with Gasteiger partial charge in [-0.2, -0.15) is 0 Å². The molecule has 0 amide bonds. The van der Waals surface area contributed by atoms with Gasteiger partial charge < -0.3 is 16.4 Å². The van der Waals surface area contributed by atoms with Gasteiger partial charge in [-0.3, -0.25) is 0 Å². The van der Waals surface area contributed by atoms with Crippen LogP contribution in [0, 0.1) is 5.92 Å². The van der Waals surface area contributed by atoms with E-state index in [1.165, 1.54) is 24.7 Å². The average molecular weight is 327 g/mol. The van der Waals surface area contributed by atoms with Crippen molar-refractivity contribution in [3.63, 3.8) is 0 Å². The van der Waals surface area contributed by atoms with E-state index in [0.29, 0.717) is 23.2 Å². The molecule has 0 unspecified atom stereocenters. The number of nitrogen functional groups attached to an aromatic ring is 1. The van der Waals surface area contributed by atoms with E-state index in [4.69, 9.17) is 5.73 Å². The molecule has 24 heavy (non-hydrogen) atoms. The minimum atomic E-state index is 0.552. The Labute approximate surface area is 145 Å². The quantitative estimate of drug-likeness (QED) is 0.627. The van der Waals surface area contributed by atoms with Gasteiger partial charge in [-0.05, 0) is 42.9 Å². The van der Waals surface area contributed by atoms with Crippen LogP contribution in [0.3, 0.4) is 0 Å². The fourth-order valence-electron chi connectivity index (χ4n) is 2.39. The SMILES string of the molecule is CCCCc1ccc(Nc2ncnc(NCCC(C)C)c2N)cc1. The summed E-state index contributed by atoms with van der Waals surface area (Å²) in [4.78, 5) is 8.50. The number of anilines is 4. The van der Waals surface area contributed by atoms with Crippen LogP contribution in [0.4, 0.5) is 23.0 Å². The number of unbranched alkanes of at least 4 members (excludes halogenated alkanes) is 1. The first-order chi connectivity index (χ1) is 11.6. The molecule has 2 rings (SSSR count). The molecule has 1 aromatic heterocycles. The lowest BCUT2D eigenvalue weighted by atomic mass is 10.1. The molecule has 0 atom stereocenters. The molecule has 0 aliphatic carbocycles. The second-order valence-corrected chi connectivity index (χ2v) is 6.52. The lowest BCUT2D eigenvalue weighted by Gasteiger charge is -2.13. The number of benzene rings is 1. The Kier molecular flexibility index (Phi) is 6.85. The number of rotatable bonds is 9. The molecule has 0 spiro atoms. The predicted octanol–water partition coefficient (Wildman–Crippen LogP) is 4.60. The third-order valence-corrected chi connectivity index (χ3v) is 3.93. The van der Waals surface area contributed by atoms with E-state index >= 15 is 0 Å². The average Bonchev–Trinajstić information content (AvgIpc) is 2.57. The fourth-order valence-corrected chi connectivity index (χ4v) is 2.39. The number of hydrogen-bond donors (Lipinski definition) is 3. The Bertz CT molecular complexity index is 622.